The van der Waals surface area contributed by atoms with Crippen LogP contribution in [0.1, 0.15) is 27.3 Å². The molecule has 2 aromatic heterocycles. The summed E-state index contributed by atoms with van der Waals surface area (Å²) >= 11 is 0. The van der Waals surface area contributed by atoms with Crippen molar-refractivity contribution >= 4 is 23.8 Å². The molecule has 0 aliphatic carbocycles. The number of carbonyl (C=O) groups excluding carboxylic acids is 1. The highest BCUT2D eigenvalue weighted by atomic mass is 19.4. The number of nitrogens with zero attached hydrogens (tertiary/aromatic N) is 4. The summed E-state index contributed by atoms with van der Waals surface area (Å²) in [5.41, 5.74) is 3.97. The van der Waals surface area contributed by atoms with Crippen LogP contribution in [0.3, 0.4) is 0 Å². The molecule has 4 rings (SSSR count). The number of fused-ring (bicyclic) bond motifs is 1. The molecular formula is C23H26F9N5O8. The topological polar surface area (TPSA) is 181 Å². The lowest BCUT2D eigenvalue weighted by Crippen LogP contribution is -2.47. The van der Waals surface area contributed by atoms with E-state index in [1.165, 1.54) is 5.56 Å². The van der Waals surface area contributed by atoms with Crippen molar-refractivity contribution in [1.82, 2.24) is 24.9 Å². The van der Waals surface area contributed by atoms with Gasteiger partial charge >= 0.3 is 36.4 Å². The van der Waals surface area contributed by atoms with Gasteiger partial charge in [0.15, 0.2) is 5.69 Å². The van der Waals surface area contributed by atoms with Gasteiger partial charge in [0.05, 0.1) is 18.2 Å². The van der Waals surface area contributed by atoms with E-state index in [1.807, 2.05) is 11.0 Å². The Hall–Kier alpha value is -4.34. The molecule has 2 aromatic rings. The smallest absolute Gasteiger partial charge is 0.475 e. The fraction of sp³-hybridized carbons (Fsp3) is 0.522. The Labute approximate surface area is 246 Å². The average Bonchev–Trinajstić information content (AvgIpc) is 3.58. The lowest BCUT2D eigenvalue weighted by molar-refractivity contribution is -0.193. The fourth-order valence-electron chi connectivity index (χ4n) is 3.49. The van der Waals surface area contributed by atoms with Crippen LogP contribution in [0.5, 0.6) is 0 Å². The molecule has 45 heavy (non-hydrogen) atoms. The number of hydrogen-bond acceptors (Lipinski definition) is 8. The molecule has 13 nitrogen and oxygen atoms in total. The molecule has 1 amide bonds. The molecule has 0 radical (unpaired) electrons. The second kappa shape index (κ2) is 16.1. The molecule has 22 heteroatoms. The molecule has 1 fully saturated rings. The van der Waals surface area contributed by atoms with E-state index in [2.05, 4.69) is 27.0 Å². The molecule has 4 heterocycles. The zero-order valence-corrected chi connectivity index (χ0v) is 23.0. The molecule has 254 valence electrons. The van der Waals surface area contributed by atoms with Crippen molar-refractivity contribution in [3.8, 4) is 0 Å². The number of aromatic amines is 1. The molecule has 0 bridgehead atoms. The maximum Gasteiger partial charge on any atom is 0.490 e. The summed E-state index contributed by atoms with van der Waals surface area (Å²) in [6, 6.07) is 1.99. The minimum Gasteiger partial charge on any atom is -0.475 e. The number of furan rings is 1. The predicted molar refractivity (Wildman–Crippen MR) is 130 cm³/mol. The summed E-state index contributed by atoms with van der Waals surface area (Å²) < 4.78 is 100. The van der Waals surface area contributed by atoms with Gasteiger partial charge in [0.2, 0.25) is 0 Å². The number of carbonyl (C=O) groups is 4. The molecule has 0 unspecified atom stereocenters. The number of carboxylic acid groups (broad SMARTS) is 3. The maximum atomic E-state index is 12.8. The molecule has 0 atom stereocenters. The Kier molecular flexibility index (Phi) is 13.8. The second-order valence-electron chi connectivity index (χ2n) is 9.13. The Bertz CT molecular complexity index is 1210. The molecule has 0 spiro atoms. The van der Waals surface area contributed by atoms with E-state index >= 15 is 0 Å². The van der Waals surface area contributed by atoms with Gasteiger partial charge in [-0.1, -0.05) is 0 Å². The number of aromatic nitrogens is 2. The third-order valence-electron chi connectivity index (χ3n) is 5.72. The Morgan fingerprint density at radius 2 is 1.31 bits per heavy atom. The van der Waals surface area contributed by atoms with Crippen molar-refractivity contribution in [2.45, 2.75) is 38.0 Å². The zero-order chi connectivity index (χ0) is 34.8. The summed E-state index contributed by atoms with van der Waals surface area (Å²) in [4.78, 5) is 46.0. The highest BCUT2D eigenvalue weighted by molar-refractivity contribution is 5.94. The summed E-state index contributed by atoms with van der Waals surface area (Å²) in [6.45, 7) is 6.00. The summed E-state index contributed by atoms with van der Waals surface area (Å²) in [5, 5.41) is 28.8. The van der Waals surface area contributed by atoms with E-state index in [0.717, 1.165) is 63.5 Å². The molecule has 0 saturated carbocycles. The predicted octanol–water partition coefficient (Wildman–Crippen LogP) is 2.85. The van der Waals surface area contributed by atoms with Gasteiger partial charge in [-0.3, -0.25) is 14.8 Å². The number of H-pyrrole nitrogens is 1. The SMILES string of the molecule is CN1CCN(C(=O)c2n[nH]c3c2CCN(Cc2ccoc2)C3)CC1.O=C(O)C(F)(F)F.O=C(O)C(F)(F)F.O=C(O)C(F)(F)F. The van der Waals surface area contributed by atoms with Gasteiger partial charge in [-0.25, -0.2) is 14.4 Å². The van der Waals surface area contributed by atoms with Crippen molar-refractivity contribution < 1.29 is 78.4 Å². The van der Waals surface area contributed by atoms with Crippen molar-refractivity contribution in [2.24, 2.45) is 0 Å². The van der Waals surface area contributed by atoms with Crippen LogP contribution in [-0.4, -0.2) is 122 Å². The molecule has 4 N–H and O–H groups in total. The average molecular weight is 671 g/mol. The highest BCUT2D eigenvalue weighted by Crippen LogP contribution is 2.23. The molecule has 0 aromatic carbocycles. The summed E-state index contributed by atoms with van der Waals surface area (Å²) in [6.07, 6.45) is -10.9. The first kappa shape index (κ1) is 38.7. The number of piperazine rings is 1. The van der Waals surface area contributed by atoms with Gasteiger partial charge in [0.25, 0.3) is 5.91 Å². The lowest BCUT2D eigenvalue weighted by atomic mass is 10.0. The first-order valence-corrected chi connectivity index (χ1v) is 12.2. The molecule has 2 aliphatic rings. The van der Waals surface area contributed by atoms with Crippen LogP contribution >= 0.6 is 0 Å². The fourth-order valence-corrected chi connectivity index (χ4v) is 3.49. The van der Waals surface area contributed by atoms with Gasteiger partial charge < -0.3 is 29.5 Å². The van der Waals surface area contributed by atoms with Crippen LogP contribution in [0, 0.1) is 0 Å². The Morgan fingerprint density at radius 3 is 1.71 bits per heavy atom. The van der Waals surface area contributed by atoms with Crippen LogP contribution in [-0.2, 0) is 33.9 Å². The number of amides is 1. The normalized spacial score (nSPS) is 15.6. The van der Waals surface area contributed by atoms with E-state index < -0.39 is 36.4 Å². The van der Waals surface area contributed by atoms with Gasteiger partial charge in [0.1, 0.15) is 0 Å². The van der Waals surface area contributed by atoms with E-state index in [0.29, 0.717) is 5.69 Å². The minimum atomic E-state index is -5.08. The van der Waals surface area contributed by atoms with Crippen molar-refractivity contribution in [1.29, 1.82) is 0 Å². The standard InChI is InChI=1S/C17H23N5O2.3C2HF3O2/c1-20-5-7-22(8-6-20)17(23)16-14-2-4-21(11-15(14)18-19-16)10-13-3-9-24-12-13;3*3-2(4,5)1(6)7/h3,9,12H,2,4-8,10-11H2,1H3,(H,18,19);3*(H,6,7). The maximum absolute atomic E-state index is 12.8. The number of rotatable bonds is 3. The third kappa shape index (κ3) is 13.5. The van der Waals surface area contributed by atoms with Gasteiger partial charge in [-0.15, -0.1) is 0 Å². The van der Waals surface area contributed by atoms with Crippen LogP contribution in [0.25, 0.3) is 0 Å². The van der Waals surface area contributed by atoms with E-state index in [4.69, 9.17) is 34.1 Å². The summed E-state index contributed by atoms with van der Waals surface area (Å²) in [5.74, 6) is -8.20. The molecular weight excluding hydrogens is 645 g/mol. The Morgan fingerprint density at radius 1 is 0.844 bits per heavy atom. The van der Waals surface area contributed by atoms with Crippen LogP contribution < -0.4 is 0 Å². The molecule has 1 saturated heterocycles. The number of hydrogen-bond donors (Lipinski definition) is 4. The zero-order valence-electron chi connectivity index (χ0n) is 23.0. The second-order valence-corrected chi connectivity index (χ2v) is 9.13. The largest absolute Gasteiger partial charge is 0.490 e. The number of carboxylic acids is 3. The first-order valence-electron chi connectivity index (χ1n) is 12.2. The van der Waals surface area contributed by atoms with Gasteiger partial charge in [-0.05, 0) is 19.5 Å². The van der Waals surface area contributed by atoms with Gasteiger partial charge in [0, 0.05) is 56.9 Å². The lowest BCUT2D eigenvalue weighted by Gasteiger charge is -2.32. The van der Waals surface area contributed by atoms with E-state index in [-0.39, 0.29) is 5.91 Å². The minimum absolute atomic E-state index is 0.0730. The monoisotopic (exact) mass is 671 g/mol. The quantitative estimate of drug-likeness (QED) is 0.353. The first-order chi connectivity index (χ1) is 20.5. The third-order valence-corrected chi connectivity index (χ3v) is 5.72. The number of alkyl halides is 9. The number of nitrogens with one attached hydrogen (secondary N) is 1. The van der Waals surface area contributed by atoms with Crippen molar-refractivity contribution in [2.75, 3.05) is 39.8 Å². The highest BCUT2D eigenvalue weighted by Gasteiger charge is 2.39. The van der Waals surface area contributed by atoms with E-state index in [1.54, 1.807) is 12.5 Å². The van der Waals surface area contributed by atoms with Crippen LogP contribution in [0.2, 0.25) is 0 Å². The number of aliphatic carboxylic acids is 3. The Balaban J connectivity index is 0.000000396. The van der Waals surface area contributed by atoms with Gasteiger partial charge in [-0.2, -0.15) is 44.6 Å². The number of likely N-dealkylation sites (N-methyl/N-ethyl adjacent to an activating group) is 1. The van der Waals surface area contributed by atoms with Crippen LogP contribution in [0.4, 0.5) is 39.5 Å². The van der Waals surface area contributed by atoms with Crippen molar-refractivity contribution in [3.63, 3.8) is 0 Å². The number of halogens is 9. The van der Waals surface area contributed by atoms with Crippen molar-refractivity contribution in [3.05, 3.63) is 41.1 Å². The molecule has 2 aliphatic heterocycles. The van der Waals surface area contributed by atoms with E-state index in [9.17, 15) is 44.3 Å². The summed E-state index contributed by atoms with van der Waals surface area (Å²) in [7, 11) is 2.09. The van der Waals surface area contributed by atoms with Crippen LogP contribution in [0.15, 0.2) is 23.0 Å².